The van der Waals surface area contributed by atoms with E-state index in [9.17, 15) is 0 Å². The Morgan fingerprint density at radius 2 is 0.776 bits per heavy atom. The lowest BCUT2D eigenvalue weighted by atomic mass is 9.99. The van der Waals surface area contributed by atoms with Crippen LogP contribution in [-0.2, 0) is 0 Å². The number of aromatic nitrogens is 7. The molecule has 5 aromatic carbocycles. The second kappa shape index (κ2) is 11.9. The molecule has 7 heteroatoms. The molecule has 0 unspecified atom stereocenters. The van der Waals surface area contributed by atoms with Crippen molar-refractivity contribution in [3.63, 3.8) is 0 Å². The van der Waals surface area contributed by atoms with E-state index in [1.54, 1.807) is 0 Å². The lowest BCUT2D eigenvalue weighted by Crippen LogP contribution is -2.04. The average molecular weight is 638 g/mol. The van der Waals surface area contributed by atoms with Crippen LogP contribution in [0.4, 0.5) is 0 Å². The van der Waals surface area contributed by atoms with Gasteiger partial charge < -0.3 is 4.57 Å². The summed E-state index contributed by atoms with van der Waals surface area (Å²) in [5.74, 6) is 3.91. The van der Waals surface area contributed by atoms with Crippen LogP contribution < -0.4 is 0 Å². The monoisotopic (exact) mass is 637 g/mol. The molecular formula is C42H35N7. The van der Waals surface area contributed by atoms with Crippen LogP contribution in [0.1, 0.15) is 34.4 Å². The molecule has 8 rings (SSSR count). The molecule has 0 radical (unpaired) electrons. The van der Waals surface area contributed by atoms with Crippen LogP contribution in [0, 0.1) is 41.5 Å². The third-order valence-corrected chi connectivity index (χ3v) is 8.99. The Bertz CT molecular complexity index is 2400. The van der Waals surface area contributed by atoms with Crippen LogP contribution in [0.5, 0.6) is 0 Å². The highest BCUT2D eigenvalue weighted by Crippen LogP contribution is 2.40. The molecule has 0 aliphatic carbocycles. The van der Waals surface area contributed by atoms with E-state index in [0.717, 1.165) is 27.8 Å². The van der Waals surface area contributed by atoms with Crippen LogP contribution in [0.25, 0.3) is 72.5 Å². The Hall–Kier alpha value is -6.08. The van der Waals surface area contributed by atoms with Crippen molar-refractivity contribution in [2.75, 3.05) is 0 Å². The third-order valence-electron chi connectivity index (χ3n) is 8.99. The highest BCUT2D eigenvalue weighted by molar-refractivity contribution is 6.12. The van der Waals surface area contributed by atoms with Crippen LogP contribution in [0.15, 0.2) is 103 Å². The largest absolute Gasteiger partial charge is 0.308 e. The molecule has 49 heavy (non-hydrogen) atoms. The first-order valence-corrected chi connectivity index (χ1v) is 16.5. The van der Waals surface area contributed by atoms with Crippen molar-refractivity contribution >= 4 is 21.8 Å². The van der Waals surface area contributed by atoms with Crippen molar-refractivity contribution in [2.45, 2.75) is 41.5 Å². The minimum atomic E-state index is 0.604. The Morgan fingerprint density at radius 3 is 1.24 bits per heavy atom. The van der Waals surface area contributed by atoms with Crippen molar-refractivity contribution in [3.8, 4) is 50.7 Å². The maximum Gasteiger partial charge on any atom is 0.165 e. The SMILES string of the molecule is Cc1ccc(-c2ccc3c(c2)c2cc(-c4ccc(C)cc4)ccc2n3-c2ccc(-c3nc(C)nc(C)n3)cc2-c2nc(C)nc(C)n2)cc1. The van der Waals surface area contributed by atoms with Crippen LogP contribution in [0.2, 0.25) is 0 Å². The number of nitrogens with zero attached hydrogens (tertiary/aromatic N) is 7. The molecular weight excluding hydrogens is 603 g/mol. The molecule has 3 heterocycles. The molecule has 0 saturated heterocycles. The Morgan fingerprint density at radius 1 is 0.367 bits per heavy atom. The molecule has 0 saturated carbocycles. The van der Waals surface area contributed by atoms with Crippen molar-refractivity contribution in [2.24, 2.45) is 0 Å². The van der Waals surface area contributed by atoms with Crippen LogP contribution in [-0.4, -0.2) is 34.5 Å². The fourth-order valence-electron chi connectivity index (χ4n) is 6.66. The molecule has 8 aromatic rings. The third kappa shape index (κ3) is 5.63. The fraction of sp³-hybridized carbons (Fsp3) is 0.143. The van der Waals surface area contributed by atoms with Gasteiger partial charge in [-0.1, -0.05) is 71.8 Å². The molecule has 7 nitrogen and oxygen atoms in total. The molecule has 0 N–H and O–H groups in total. The predicted octanol–water partition coefficient (Wildman–Crippen LogP) is 9.67. The standard InChI is InChI=1S/C42H35N7/c1-24-7-11-30(12-8-24)32-15-18-38-35(21-32)36-22-33(31-13-9-25(2)10-14-31)16-19-39(36)49(38)40-20-17-34(41-45-26(3)43-27(4)46-41)23-37(40)42-47-28(5)44-29(6)48-42/h7-23H,1-6H3. The van der Waals surface area contributed by atoms with E-state index in [1.165, 1.54) is 44.2 Å². The minimum Gasteiger partial charge on any atom is -0.308 e. The molecule has 0 atom stereocenters. The maximum absolute atomic E-state index is 4.84. The van der Waals surface area contributed by atoms with Gasteiger partial charge in [-0.15, -0.1) is 0 Å². The number of aryl methyl sites for hydroxylation is 6. The van der Waals surface area contributed by atoms with Gasteiger partial charge >= 0.3 is 0 Å². The van der Waals surface area contributed by atoms with E-state index in [0.29, 0.717) is 34.9 Å². The molecule has 0 fully saturated rings. The predicted molar refractivity (Wildman–Crippen MR) is 198 cm³/mol. The quantitative estimate of drug-likeness (QED) is 0.187. The van der Waals surface area contributed by atoms with Gasteiger partial charge in [0.1, 0.15) is 23.3 Å². The van der Waals surface area contributed by atoms with E-state index in [4.69, 9.17) is 9.97 Å². The Labute approximate surface area is 285 Å². The minimum absolute atomic E-state index is 0.604. The van der Waals surface area contributed by atoms with E-state index in [1.807, 2.05) is 27.7 Å². The fourth-order valence-corrected chi connectivity index (χ4v) is 6.66. The maximum atomic E-state index is 4.84. The van der Waals surface area contributed by atoms with Gasteiger partial charge in [-0.3, -0.25) is 0 Å². The molecule has 0 spiro atoms. The normalized spacial score (nSPS) is 11.5. The number of benzene rings is 5. The molecule has 0 bridgehead atoms. The summed E-state index contributed by atoms with van der Waals surface area (Å²) in [5.41, 5.74) is 12.1. The van der Waals surface area contributed by atoms with Gasteiger partial charge in [0.15, 0.2) is 11.6 Å². The van der Waals surface area contributed by atoms with Gasteiger partial charge in [-0.25, -0.2) is 29.9 Å². The molecule has 0 aliphatic heterocycles. The lowest BCUT2D eigenvalue weighted by molar-refractivity contribution is 0.924. The summed E-state index contributed by atoms with van der Waals surface area (Å²) in [6.07, 6.45) is 0. The first kappa shape index (κ1) is 30.3. The van der Waals surface area contributed by atoms with Gasteiger partial charge in [0.25, 0.3) is 0 Å². The van der Waals surface area contributed by atoms with E-state index < -0.39 is 0 Å². The van der Waals surface area contributed by atoms with Crippen LogP contribution in [0.3, 0.4) is 0 Å². The van der Waals surface area contributed by atoms with Gasteiger partial charge in [0, 0.05) is 21.9 Å². The first-order chi connectivity index (χ1) is 23.7. The first-order valence-electron chi connectivity index (χ1n) is 16.5. The topological polar surface area (TPSA) is 82.3 Å². The average Bonchev–Trinajstić information content (AvgIpc) is 3.40. The van der Waals surface area contributed by atoms with Gasteiger partial charge in [-0.05, 0) is 106 Å². The van der Waals surface area contributed by atoms with E-state index >= 15 is 0 Å². The highest BCUT2D eigenvalue weighted by Gasteiger charge is 2.20. The van der Waals surface area contributed by atoms with E-state index in [-0.39, 0.29) is 0 Å². The zero-order valence-electron chi connectivity index (χ0n) is 28.4. The Balaban J connectivity index is 1.42. The second-order valence-electron chi connectivity index (χ2n) is 12.8. The zero-order chi connectivity index (χ0) is 33.8. The molecule has 238 valence electrons. The molecule has 0 aliphatic rings. The summed E-state index contributed by atoms with van der Waals surface area (Å²) in [6.45, 7) is 11.8. The second-order valence-corrected chi connectivity index (χ2v) is 12.8. The lowest BCUT2D eigenvalue weighted by Gasteiger charge is -2.15. The van der Waals surface area contributed by atoms with Gasteiger partial charge in [0.2, 0.25) is 0 Å². The molecule has 3 aromatic heterocycles. The number of rotatable bonds is 5. The number of fused-ring (bicyclic) bond motifs is 3. The van der Waals surface area contributed by atoms with Crippen molar-refractivity contribution in [1.82, 2.24) is 34.5 Å². The van der Waals surface area contributed by atoms with E-state index in [2.05, 4.69) is 141 Å². The highest BCUT2D eigenvalue weighted by atomic mass is 15.0. The number of hydrogen-bond donors (Lipinski definition) is 0. The summed E-state index contributed by atoms with van der Waals surface area (Å²) in [7, 11) is 0. The van der Waals surface area contributed by atoms with Crippen LogP contribution >= 0.6 is 0 Å². The summed E-state index contributed by atoms with van der Waals surface area (Å²) < 4.78 is 2.33. The Kier molecular flexibility index (Phi) is 7.33. The van der Waals surface area contributed by atoms with Crippen molar-refractivity contribution in [3.05, 3.63) is 138 Å². The molecule has 0 amide bonds. The van der Waals surface area contributed by atoms with Crippen molar-refractivity contribution < 1.29 is 0 Å². The summed E-state index contributed by atoms with van der Waals surface area (Å²) in [5, 5.41) is 2.34. The zero-order valence-corrected chi connectivity index (χ0v) is 28.4. The summed E-state index contributed by atoms with van der Waals surface area (Å²) in [4.78, 5) is 27.9. The number of hydrogen-bond acceptors (Lipinski definition) is 6. The van der Waals surface area contributed by atoms with Gasteiger partial charge in [-0.2, -0.15) is 0 Å². The summed E-state index contributed by atoms with van der Waals surface area (Å²) >= 11 is 0. The van der Waals surface area contributed by atoms with Gasteiger partial charge in [0.05, 0.1) is 16.7 Å². The smallest absolute Gasteiger partial charge is 0.165 e. The summed E-state index contributed by atoms with van der Waals surface area (Å²) in [6, 6.07) is 37.3. The van der Waals surface area contributed by atoms with Crippen molar-refractivity contribution in [1.29, 1.82) is 0 Å².